The summed E-state index contributed by atoms with van der Waals surface area (Å²) in [4.78, 5) is 10.4. The zero-order valence-electron chi connectivity index (χ0n) is 6.29. The number of rotatable bonds is 6. The van der Waals surface area contributed by atoms with Crippen molar-refractivity contribution in [2.24, 2.45) is 0 Å². The van der Waals surface area contributed by atoms with Gasteiger partial charge in [-0.3, -0.25) is 4.79 Å². The van der Waals surface area contributed by atoms with E-state index in [0.717, 1.165) is 6.42 Å². The second-order valence-corrected chi connectivity index (χ2v) is 2.47. The van der Waals surface area contributed by atoms with Gasteiger partial charge in [-0.05, 0) is 13.0 Å². The first kappa shape index (κ1) is 10.5. The lowest BCUT2D eigenvalue weighted by atomic mass is 10.3. The van der Waals surface area contributed by atoms with Gasteiger partial charge in [-0.25, -0.2) is 0 Å². The highest BCUT2D eigenvalue weighted by Gasteiger charge is 2.12. The summed E-state index contributed by atoms with van der Waals surface area (Å²) in [7, 11) is 0. The number of thiol groups is 1. The van der Waals surface area contributed by atoms with Gasteiger partial charge in [0.1, 0.15) is 6.04 Å². The fraction of sp³-hybridized carbons (Fsp3) is 0.571. The first-order chi connectivity index (χ1) is 5.22. The highest BCUT2D eigenvalue weighted by atomic mass is 32.1. The molecule has 2 N–H and O–H groups in total. The minimum atomic E-state index is -0.857. The van der Waals surface area contributed by atoms with Crippen LogP contribution < -0.4 is 5.32 Å². The number of hydrogen-bond acceptors (Lipinski definition) is 3. The van der Waals surface area contributed by atoms with E-state index in [9.17, 15) is 4.79 Å². The Morgan fingerprint density at radius 2 is 2.45 bits per heavy atom. The molecular formula is C7H13NO2S. The fourth-order valence-corrected chi connectivity index (χ4v) is 0.875. The fourth-order valence-electron chi connectivity index (χ4n) is 0.590. The van der Waals surface area contributed by atoms with Crippen LogP contribution in [-0.2, 0) is 4.79 Å². The molecule has 0 saturated heterocycles. The predicted molar refractivity (Wildman–Crippen MR) is 48.1 cm³/mol. The van der Waals surface area contributed by atoms with Crippen molar-refractivity contribution in [2.75, 3.05) is 12.3 Å². The molecule has 0 spiro atoms. The molecule has 0 saturated carbocycles. The molecule has 0 bridgehead atoms. The summed E-state index contributed by atoms with van der Waals surface area (Å²) >= 11 is 3.89. The zero-order valence-corrected chi connectivity index (χ0v) is 7.18. The van der Waals surface area contributed by atoms with E-state index in [1.165, 1.54) is 0 Å². The Labute approximate surface area is 71.9 Å². The number of hydrogen-bond donors (Lipinski definition) is 3. The average molecular weight is 175 g/mol. The quantitative estimate of drug-likeness (QED) is 0.313. The van der Waals surface area contributed by atoms with Gasteiger partial charge in [-0.1, -0.05) is 6.08 Å². The average Bonchev–Trinajstić information content (AvgIpc) is 1.97. The molecule has 0 rings (SSSR count). The number of nitrogens with one attached hydrogen (secondary N) is 1. The Hall–Kier alpha value is -0.480. The summed E-state index contributed by atoms with van der Waals surface area (Å²) in [5, 5.41) is 11.4. The van der Waals surface area contributed by atoms with E-state index in [1.54, 1.807) is 6.08 Å². The van der Waals surface area contributed by atoms with Crippen LogP contribution in [0.3, 0.4) is 0 Å². The monoisotopic (exact) mass is 175 g/mol. The van der Waals surface area contributed by atoms with Crippen molar-refractivity contribution in [2.45, 2.75) is 12.5 Å². The molecule has 64 valence electrons. The molecule has 3 nitrogen and oxygen atoms in total. The maximum absolute atomic E-state index is 10.4. The number of carbonyl (C=O) groups is 1. The summed E-state index contributed by atoms with van der Waals surface area (Å²) in [5.74, 6) is -0.545. The van der Waals surface area contributed by atoms with E-state index in [0.29, 0.717) is 12.3 Å². The molecule has 0 aliphatic carbocycles. The molecule has 4 heteroatoms. The van der Waals surface area contributed by atoms with Gasteiger partial charge in [-0.2, -0.15) is 12.6 Å². The Kier molecular flexibility index (Phi) is 5.97. The SMILES string of the molecule is C=CCCNC(CS)C(=O)O. The molecule has 0 aromatic heterocycles. The molecule has 1 atom stereocenters. The minimum absolute atomic E-state index is 0.312. The summed E-state index contributed by atoms with van der Waals surface area (Å²) in [6.07, 6.45) is 2.52. The van der Waals surface area contributed by atoms with E-state index < -0.39 is 12.0 Å². The smallest absolute Gasteiger partial charge is 0.321 e. The van der Waals surface area contributed by atoms with Gasteiger partial charge in [0.05, 0.1) is 0 Å². The van der Waals surface area contributed by atoms with Crippen molar-refractivity contribution in [1.82, 2.24) is 5.32 Å². The first-order valence-electron chi connectivity index (χ1n) is 3.40. The van der Waals surface area contributed by atoms with Crippen LogP contribution in [0.15, 0.2) is 12.7 Å². The van der Waals surface area contributed by atoms with Gasteiger partial charge in [0, 0.05) is 5.75 Å². The van der Waals surface area contributed by atoms with Gasteiger partial charge >= 0.3 is 5.97 Å². The summed E-state index contributed by atoms with van der Waals surface area (Å²) in [6.45, 7) is 4.16. The lowest BCUT2D eigenvalue weighted by Gasteiger charge is -2.09. The van der Waals surface area contributed by atoms with Crippen molar-refractivity contribution >= 4 is 18.6 Å². The third-order valence-corrected chi connectivity index (χ3v) is 1.59. The van der Waals surface area contributed by atoms with Crippen LogP contribution in [0, 0.1) is 0 Å². The maximum atomic E-state index is 10.4. The van der Waals surface area contributed by atoms with E-state index in [2.05, 4.69) is 24.5 Å². The van der Waals surface area contributed by atoms with Crippen LogP contribution in [0.2, 0.25) is 0 Å². The Bertz CT molecular complexity index is 138. The Morgan fingerprint density at radius 3 is 2.82 bits per heavy atom. The Balaban J connectivity index is 3.52. The van der Waals surface area contributed by atoms with Gasteiger partial charge in [0.25, 0.3) is 0 Å². The van der Waals surface area contributed by atoms with Crippen LogP contribution in [0.25, 0.3) is 0 Å². The topological polar surface area (TPSA) is 49.3 Å². The lowest BCUT2D eigenvalue weighted by Crippen LogP contribution is -2.38. The molecular weight excluding hydrogens is 162 g/mol. The first-order valence-corrected chi connectivity index (χ1v) is 4.03. The van der Waals surface area contributed by atoms with Gasteiger partial charge in [0.15, 0.2) is 0 Å². The van der Waals surface area contributed by atoms with Gasteiger partial charge < -0.3 is 10.4 Å². The van der Waals surface area contributed by atoms with Gasteiger partial charge in [-0.15, -0.1) is 6.58 Å². The van der Waals surface area contributed by atoms with E-state index in [1.807, 2.05) is 0 Å². The van der Waals surface area contributed by atoms with E-state index >= 15 is 0 Å². The Morgan fingerprint density at radius 1 is 1.82 bits per heavy atom. The van der Waals surface area contributed by atoms with Crippen LogP contribution in [0.4, 0.5) is 0 Å². The van der Waals surface area contributed by atoms with Crippen molar-refractivity contribution in [1.29, 1.82) is 0 Å². The lowest BCUT2D eigenvalue weighted by molar-refractivity contribution is -0.138. The van der Waals surface area contributed by atoms with Crippen molar-refractivity contribution in [3.8, 4) is 0 Å². The van der Waals surface area contributed by atoms with E-state index in [4.69, 9.17) is 5.11 Å². The largest absolute Gasteiger partial charge is 0.480 e. The minimum Gasteiger partial charge on any atom is -0.480 e. The third-order valence-electron chi connectivity index (χ3n) is 1.22. The molecule has 1 unspecified atom stereocenters. The highest BCUT2D eigenvalue weighted by molar-refractivity contribution is 7.80. The molecule has 0 radical (unpaired) electrons. The zero-order chi connectivity index (χ0) is 8.69. The number of carboxylic acid groups (broad SMARTS) is 1. The number of aliphatic carboxylic acids is 1. The van der Waals surface area contributed by atoms with Crippen molar-refractivity contribution < 1.29 is 9.90 Å². The second-order valence-electron chi connectivity index (χ2n) is 2.10. The van der Waals surface area contributed by atoms with Crippen LogP contribution >= 0.6 is 12.6 Å². The predicted octanol–water partition coefficient (Wildman–Crippen LogP) is 0.535. The van der Waals surface area contributed by atoms with Crippen LogP contribution in [0.5, 0.6) is 0 Å². The van der Waals surface area contributed by atoms with Crippen molar-refractivity contribution in [3.05, 3.63) is 12.7 Å². The third kappa shape index (κ3) is 4.86. The second kappa shape index (κ2) is 6.24. The van der Waals surface area contributed by atoms with Crippen LogP contribution in [-0.4, -0.2) is 29.4 Å². The maximum Gasteiger partial charge on any atom is 0.321 e. The highest BCUT2D eigenvalue weighted by Crippen LogP contribution is 1.88. The molecule has 0 aromatic rings. The normalized spacial score (nSPS) is 12.5. The molecule has 0 aliphatic rings. The standard InChI is InChI=1S/C7H13NO2S/c1-2-3-4-8-6(5-11)7(9)10/h2,6,8,11H,1,3-5H2,(H,9,10). The molecule has 0 fully saturated rings. The summed E-state index contributed by atoms with van der Waals surface area (Å²) in [5.41, 5.74) is 0. The summed E-state index contributed by atoms with van der Waals surface area (Å²) < 4.78 is 0. The molecule has 0 amide bonds. The molecule has 0 aliphatic heterocycles. The molecule has 11 heavy (non-hydrogen) atoms. The summed E-state index contributed by atoms with van der Waals surface area (Å²) in [6, 6.07) is -0.543. The van der Waals surface area contributed by atoms with Gasteiger partial charge in [0.2, 0.25) is 0 Å². The van der Waals surface area contributed by atoms with E-state index in [-0.39, 0.29) is 0 Å². The molecule has 0 aromatic carbocycles. The van der Waals surface area contributed by atoms with Crippen LogP contribution in [0.1, 0.15) is 6.42 Å². The number of carboxylic acids is 1. The van der Waals surface area contributed by atoms with Crippen molar-refractivity contribution in [3.63, 3.8) is 0 Å². The molecule has 0 heterocycles.